The van der Waals surface area contributed by atoms with Crippen LogP contribution in [0.2, 0.25) is 0 Å². The summed E-state index contributed by atoms with van der Waals surface area (Å²) in [4.78, 5) is 18.5. The van der Waals surface area contributed by atoms with Crippen LogP contribution in [0, 0.1) is 0 Å². The highest BCUT2D eigenvalue weighted by atomic mass is 16.5. The van der Waals surface area contributed by atoms with Crippen LogP contribution in [-0.4, -0.2) is 35.0 Å². The first-order valence-corrected chi connectivity index (χ1v) is 7.13. The van der Waals surface area contributed by atoms with Gasteiger partial charge in [-0.05, 0) is 24.6 Å². The molecule has 3 rings (SSSR count). The van der Waals surface area contributed by atoms with Gasteiger partial charge in [-0.3, -0.25) is 9.78 Å². The first-order chi connectivity index (χ1) is 10.3. The van der Waals surface area contributed by atoms with E-state index >= 15 is 0 Å². The van der Waals surface area contributed by atoms with Gasteiger partial charge >= 0.3 is 0 Å². The van der Waals surface area contributed by atoms with Crippen molar-refractivity contribution in [3.8, 4) is 0 Å². The normalized spacial score (nSPS) is 22.0. The van der Waals surface area contributed by atoms with E-state index in [2.05, 4.69) is 4.98 Å². The second kappa shape index (κ2) is 6.06. The first-order valence-electron chi connectivity index (χ1n) is 7.13. The Kier molecular flexibility index (Phi) is 3.97. The Balaban J connectivity index is 1.79. The summed E-state index contributed by atoms with van der Waals surface area (Å²) >= 11 is 0. The molecule has 1 aromatic heterocycles. The van der Waals surface area contributed by atoms with Crippen molar-refractivity contribution in [2.75, 3.05) is 13.2 Å². The van der Waals surface area contributed by atoms with E-state index < -0.39 is 0 Å². The Morgan fingerprint density at radius 1 is 1.24 bits per heavy atom. The third kappa shape index (κ3) is 2.95. The predicted octanol–water partition coefficient (Wildman–Crippen LogP) is 2.68. The van der Waals surface area contributed by atoms with Crippen LogP contribution in [0.3, 0.4) is 0 Å². The van der Waals surface area contributed by atoms with Crippen LogP contribution < -0.4 is 0 Å². The summed E-state index contributed by atoms with van der Waals surface area (Å²) < 4.78 is 5.88. The van der Waals surface area contributed by atoms with Gasteiger partial charge in [0, 0.05) is 12.4 Å². The fourth-order valence-electron chi connectivity index (χ4n) is 2.56. The van der Waals surface area contributed by atoms with Crippen LogP contribution >= 0.6 is 0 Å². The minimum absolute atomic E-state index is 0.0137. The number of carbonyl (C=O) groups is 1. The van der Waals surface area contributed by atoms with Crippen LogP contribution in [0.5, 0.6) is 0 Å². The van der Waals surface area contributed by atoms with Gasteiger partial charge in [0.2, 0.25) is 0 Å². The van der Waals surface area contributed by atoms with E-state index in [1.165, 1.54) is 0 Å². The molecule has 21 heavy (non-hydrogen) atoms. The lowest BCUT2D eigenvalue weighted by Gasteiger charge is -2.38. The van der Waals surface area contributed by atoms with Crippen molar-refractivity contribution in [2.45, 2.75) is 19.1 Å². The molecule has 1 saturated heterocycles. The number of amides is 1. The number of nitrogens with zero attached hydrogens (tertiary/aromatic N) is 2. The van der Waals surface area contributed by atoms with E-state index in [-0.39, 0.29) is 18.1 Å². The SMILES string of the molecule is CC1COC(c2ccccc2)CN1C(=O)c1cccnc1. The van der Waals surface area contributed by atoms with Crippen LogP contribution in [-0.2, 0) is 4.74 Å². The minimum Gasteiger partial charge on any atom is -0.370 e. The molecule has 108 valence electrons. The van der Waals surface area contributed by atoms with Gasteiger partial charge in [0.05, 0.1) is 24.8 Å². The topological polar surface area (TPSA) is 42.4 Å². The van der Waals surface area contributed by atoms with Gasteiger partial charge in [0.15, 0.2) is 0 Å². The van der Waals surface area contributed by atoms with Crippen LogP contribution in [0.1, 0.15) is 28.9 Å². The Morgan fingerprint density at radius 3 is 2.76 bits per heavy atom. The average molecular weight is 282 g/mol. The Bertz CT molecular complexity index is 601. The van der Waals surface area contributed by atoms with Crippen molar-refractivity contribution >= 4 is 5.91 Å². The summed E-state index contributed by atoms with van der Waals surface area (Å²) in [5, 5.41) is 0. The lowest BCUT2D eigenvalue weighted by atomic mass is 10.1. The number of hydrogen-bond acceptors (Lipinski definition) is 3. The Morgan fingerprint density at radius 2 is 2.05 bits per heavy atom. The molecule has 1 aromatic carbocycles. The molecule has 0 aliphatic carbocycles. The maximum absolute atomic E-state index is 12.6. The predicted molar refractivity (Wildman–Crippen MR) is 79.9 cm³/mol. The van der Waals surface area contributed by atoms with Crippen molar-refractivity contribution in [3.63, 3.8) is 0 Å². The molecule has 1 amide bonds. The van der Waals surface area contributed by atoms with E-state index in [4.69, 9.17) is 4.74 Å². The van der Waals surface area contributed by atoms with Gasteiger partial charge in [0.25, 0.3) is 5.91 Å². The molecule has 1 aliphatic rings. The van der Waals surface area contributed by atoms with Crippen molar-refractivity contribution < 1.29 is 9.53 Å². The third-order valence-electron chi connectivity index (χ3n) is 3.77. The van der Waals surface area contributed by atoms with Crippen LogP contribution in [0.4, 0.5) is 0 Å². The van der Waals surface area contributed by atoms with E-state index in [1.807, 2.05) is 42.2 Å². The summed E-state index contributed by atoms with van der Waals surface area (Å²) in [5.74, 6) is 0.0137. The number of aromatic nitrogens is 1. The lowest BCUT2D eigenvalue weighted by molar-refractivity contribution is -0.0486. The highest BCUT2D eigenvalue weighted by Gasteiger charge is 2.30. The van der Waals surface area contributed by atoms with Gasteiger partial charge in [-0.2, -0.15) is 0 Å². The molecule has 4 nitrogen and oxygen atoms in total. The number of benzene rings is 1. The number of carbonyl (C=O) groups excluding carboxylic acids is 1. The lowest BCUT2D eigenvalue weighted by Crippen LogP contribution is -2.48. The number of morpholine rings is 1. The van der Waals surface area contributed by atoms with E-state index in [1.54, 1.807) is 24.5 Å². The highest BCUT2D eigenvalue weighted by molar-refractivity contribution is 5.94. The molecule has 0 N–H and O–H groups in total. The molecule has 0 saturated carbocycles. The smallest absolute Gasteiger partial charge is 0.255 e. The molecule has 0 spiro atoms. The quantitative estimate of drug-likeness (QED) is 0.850. The van der Waals surface area contributed by atoms with Crippen molar-refractivity contribution in [3.05, 3.63) is 66.0 Å². The minimum atomic E-state index is -0.0666. The van der Waals surface area contributed by atoms with Crippen LogP contribution in [0.15, 0.2) is 54.9 Å². The molecule has 1 fully saturated rings. The molecule has 2 unspecified atom stereocenters. The molecule has 0 radical (unpaired) electrons. The maximum Gasteiger partial charge on any atom is 0.255 e. The molecule has 2 atom stereocenters. The summed E-state index contributed by atoms with van der Waals surface area (Å²) in [6.45, 7) is 3.12. The molecular formula is C17H18N2O2. The highest BCUT2D eigenvalue weighted by Crippen LogP contribution is 2.25. The van der Waals surface area contributed by atoms with E-state index in [0.29, 0.717) is 18.7 Å². The standard InChI is InChI=1S/C17H18N2O2/c1-13-12-21-16(14-6-3-2-4-7-14)11-19(13)17(20)15-8-5-9-18-10-15/h2-10,13,16H,11-12H2,1H3. The fourth-order valence-corrected chi connectivity index (χ4v) is 2.56. The summed E-state index contributed by atoms with van der Waals surface area (Å²) in [5.41, 5.74) is 1.73. The van der Waals surface area contributed by atoms with E-state index in [0.717, 1.165) is 5.56 Å². The molecule has 2 aromatic rings. The third-order valence-corrected chi connectivity index (χ3v) is 3.77. The van der Waals surface area contributed by atoms with Gasteiger partial charge in [-0.15, -0.1) is 0 Å². The average Bonchev–Trinajstić information content (AvgIpc) is 2.56. The maximum atomic E-state index is 12.6. The number of pyridine rings is 1. The zero-order valence-electron chi connectivity index (χ0n) is 12.0. The second-order valence-electron chi connectivity index (χ2n) is 5.28. The number of hydrogen-bond donors (Lipinski definition) is 0. The number of rotatable bonds is 2. The van der Waals surface area contributed by atoms with E-state index in [9.17, 15) is 4.79 Å². The fraction of sp³-hybridized carbons (Fsp3) is 0.294. The molecule has 1 aliphatic heterocycles. The molecule has 4 heteroatoms. The molecular weight excluding hydrogens is 264 g/mol. The van der Waals surface area contributed by atoms with Gasteiger partial charge in [-0.1, -0.05) is 30.3 Å². The van der Waals surface area contributed by atoms with Crippen molar-refractivity contribution in [1.29, 1.82) is 0 Å². The largest absolute Gasteiger partial charge is 0.370 e. The first kappa shape index (κ1) is 13.8. The Labute approximate surface area is 124 Å². The van der Waals surface area contributed by atoms with Gasteiger partial charge < -0.3 is 9.64 Å². The molecule has 0 bridgehead atoms. The monoisotopic (exact) mass is 282 g/mol. The van der Waals surface area contributed by atoms with Crippen molar-refractivity contribution in [1.82, 2.24) is 9.88 Å². The zero-order valence-corrected chi connectivity index (χ0v) is 12.0. The van der Waals surface area contributed by atoms with Crippen molar-refractivity contribution in [2.24, 2.45) is 0 Å². The zero-order chi connectivity index (χ0) is 14.7. The molecule has 2 heterocycles. The van der Waals surface area contributed by atoms with Crippen LogP contribution in [0.25, 0.3) is 0 Å². The summed E-state index contributed by atoms with van der Waals surface area (Å²) in [7, 11) is 0. The second-order valence-corrected chi connectivity index (χ2v) is 5.28. The summed E-state index contributed by atoms with van der Waals surface area (Å²) in [6, 6.07) is 13.7. The Hall–Kier alpha value is -2.20. The number of ether oxygens (including phenoxy) is 1. The van der Waals surface area contributed by atoms with Gasteiger partial charge in [-0.25, -0.2) is 0 Å². The summed E-state index contributed by atoms with van der Waals surface area (Å²) in [6.07, 6.45) is 3.22. The van der Waals surface area contributed by atoms with Gasteiger partial charge in [0.1, 0.15) is 6.10 Å².